The first-order valence-corrected chi connectivity index (χ1v) is 9.31. The molecule has 0 unspecified atom stereocenters. The van der Waals surface area contributed by atoms with Gasteiger partial charge in [-0.3, -0.25) is 0 Å². The largest absolute Gasteiger partial charge is 0.464 e. The summed E-state index contributed by atoms with van der Waals surface area (Å²) >= 11 is 1.82. The molecule has 0 atom stereocenters. The molecule has 1 nitrogen and oxygen atoms in total. The summed E-state index contributed by atoms with van der Waals surface area (Å²) in [6.07, 6.45) is 2.67. The lowest BCUT2D eigenvalue weighted by Gasteiger charge is -2.05. The summed E-state index contributed by atoms with van der Waals surface area (Å²) in [6, 6.07) is 23.5. The fraction of sp³-hybridized carbons (Fsp3) is 0.130. The average molecular weight is 344 g/mol. The van der Waals surface area contributed by atoms with E-state index in [1.807, 2.05) is 17.4 Å². The minimum absolute atomic E-state index is 0.922. The topological polar surface area (TPSA) is 13.1 Å². The quantitative estimate of drug-likeness (QED) is 0.393. The molecule has 4 aromatic rings. The van der Waals surface area contributed by atoms with Gasteiger partial charge in [-0.1, -0.05) is 48.5 Å². The Bertz CT molecular complexity index is 993. The first-order chi connectivity index (χ1) is 12.2. The Balaban J connectivity index is 1.82. The molecule has 0 aliphatic heterocycles. The Kier molecular flexibility index (Phi) is 4.29. The molecule has 2 aromatic heterocycles. The Morgan fingerprint density at radius 3 is 2.28 bits per heavy atom. The van der Waals surface area contributed by atoms with Crippen LogP contribution in [0.5, 0.6) is 0 Å². The van der Waals surface area contributed by atoms with Crippen LogP contribution in [-0.2, 0) is 6.42 Å². The zero-order chi connectivity index (χ0) is 17.2. The third-order valence-electron chi connectivity index (χ3n) is 4.61. The molecule has 0 spiro atoms. The third-order valence-corrected chi connectivity index (χ3v) is 5.83. The predicted molar refractivity (Wildman–Crippen MR) is 106 cm³/mol. The second-order valence-corrected chi connectivity index (χ2v) is 7.41. The molecule has 0 aliphatic rings. The number of hydrogen-bond acceptors (Lipinski definition) is 2. The minimum Gasteiger partial charge on any atom is -0.464 e. The van der Waals surface area contributed by atoms with Crippen molar-refractivity contribution in [3.8, 4) is 21.1 Å². The molecule has 0 saturated heterocycles. The van der Waals surface area contributed by atoms with Gasteiger partial charge in [0.05, 0.1) is 11.1 Å². The minimum atomic E-state index is 0.922. The highest BCUT2D eigenvalue weighted by atomic mass is 32.1. The van der Waals surface area contributed by atoms with E-state index < -0.39 is 0 Å². The smallest absolute Gasteiger partial charge is 0.144 e. The van der Waals surface area contributed by atoms with Gasteiger partial charge in [-0.2, -0.15) is 0 Å². The molecule has 0 amide bonds. The van der Waals surface area contributed by atoms with Crippen molar-refractivity contribution in [1.82, 2.24) is 0 Å². The Morgan fingerprint density at radius 2 is 1.56 bits per heavy atom. The number of thiophene rings is 1. The van der Waals surface area contributed by atoms with Crippen molar-refractivity contribution >= 4 is 11.3 Å². The van der Waals surface area contributed by atoms with Gasteiger partial charge in [-0.15, -0.1) is 11.3 Å². The summed E-state index contributed by atoms with van der Waals surface area (Å²) in [6.45, 7) is 4.35. The van der Waals surface area contributed by atoms with Crippen molar-refractivity contribution in [2.45, 2.75) is 20.3 Å². The van der Waals surface area contributed by atoms with Crippen molar-refractivity contribution in [3.05, 3.63) is 95.2 Å². The first-order valence-electron chi connectivity index (χ1n) is 8.49. The van der Waals surface area contributed by atoms with Gasteiger partial charge in [0.2, 0.25) is 0 Å². The SMILES string of the molecule is Cc1ccccc1Cc1cc(-c2ccccc2C)sc1-c1ccco1. The van der Waals surface area contributed by atoms with Gasteiger partial charge in [-0.05, 0) is 66.3 Å². The van der Waals surface area contributed by atoms with Crippen molar-refractivity contribution in [3.63, 3.8) is 0 Å². The summed E-state index contributed by atoms with van der Waals surface area (Å²) < 4.78 is 5.72. The Labute approximate surface area is 152 Å². The molecule has 25 heavy (non-hydrogen) atoms. The molecular formula is C23H20OS. The van der Waals surface area contributed by atoms with Crippen molar-refractivity contribution in [2.24, 2.45) is 0 Å². The van der Waals surface area contributed by atoms with Crippen molar-refractivity contribution in [2.75, 3.05) is 0 Å². The number of benzene rings is 2. The van der Waals surface area contributed by atoms with E-state index in [0.717, 1.165) is 12.2 Å². The van der Waals surface area contributed by atoms with Crippen LogP contribution in [0.4, 0.5) is 0 Å². The van der Waals surface area contributed by atoms with Gasteiger partial charge < -0.3 is 4.42 Å². The van der Waals surface area contributed by atoms with Gasteiger partial charge in [0.15, 0.2) is 0 Å². The van der Waals surface area contributed by atoms with Crippen LogP contribution in [0.15, 0.2) is 77.4 Å². The van der Waals surface area contributed by atoms with Gasteiger partial charge >= 0.3 is 0 Å². The van der Waals surface area contributed by atoms with Crippen LogP contribution >= 0.6 is 11.3 Å². The number of hydrogen-bond donors (Lipinski definition) is 0. The zero-order valence-electron chi connectivity index (χ0n) is 14.5. The highest BCUT2D eigenvalue weighted by molar-refractivity contribution is 7.19. The maximum atomic E-state index is 5.72. The lowest BCUT2D eigenvalue weighted by Crippen LogP contribution is -1.91. The number of rotatable bonds is 4. The van der Waals surface area contributed by atoms with E-state index in [1.54, 1.807) is 6.26 Å². The van der Waals surface area contributed by atoms with Crippen LogP contribution in [0.25, 0.3) is 21.1 Å². The second kappa shape index (κ2) is 6.73. The fourth-order valence-electron chi connectivity index (χ4n) is 3.17. The van der Waals surface area contributed by atoms with E-state index in [9.17, 15) is 0 Å². The van der Waals surface area contributed by atoms with Crippen LogP contribution < -0.4 is 0 Å². The molecule has 0 N–H and O–H groups in total. The number of aryl methyl sites for hydroxylation is 2. The monoisotopic (exact) mass is 344 g/mol. The molecule has 0 bridgehead atoms. The second-order valence-electron chi connectivity index (χ2n) is 6.36. The molecular weight excluding hydrogens is 324 g/mol. The summed E-state index contributed by atoms with van der Waals surface area (Å²) in [4.78, 5) is 2.53. The Hall–Kier alpha value is -2.58. The van der Waals surface area contributed by atoms with Gasteiger partial charge in [0.25, 0.3) is 0 Å². The van der Waals surface area contributed by atoms with Crippen LogP contribution in [0.2, 0.25) is 0 Å². The summed E-state index contributed by atoms with van der Waals surface area (Å²) in [7, 11) is 0. The fourth-order valence-corrected chi connectivity index (χ4v) is 4.41. The van der Waals surface area contributed by atoms with E-state index in [0.29, 0.717) is 0 Å². The van der Waals surface area contributed by atoms with Crippen molar-refractivity contribution in [1.29, 1.82) is 0 Å². The highest BCUT2D eigenvalue weighted by Crippen LogP contribution is 2.40. The average Bonchev–Trinajstić information content (AvgIpc) is 3.27. The molecule has 2 aromatic carbocycles. The molecule has 0 fully saturated rings. The molecule has 2 heterocycles. The van der Waals surface area contributed by atoms with E-state index in [2.05, 4.69) is 74.5 Å². The highest BCUT2D eigenvalue weighted by Gasteiger charge is 2.16. The van der Waals surface area contributed by atoms with Crippen molar-refractivity contribution < 1.29 is 4.42 Å². The van der Waals surface area contributed by atoms with E-state index in [-0.39, 0.29) is 0 Å². The van der Waals surface area contributed by atoms with Crippen LogP contribution in [-0.4, -0.2) is 0 Å². The van der Waals surface area contributed by atoms with Gasteiger partial charge in [0.1, 0.15) is 5.76 Å². The molecule has 0 saturated carbocycles. The van der Waals surface area contributed by atoms with E-state index in [1.165, 1.54) is 37.6 Å². The maximum absolute atomic E-state index is 5.72. The van der Waals surface area contributed by atoms with Crippen LogP contribution in [0, 0.1) is 13.8 Å². The summed E-state index contributed by atoms with van der Waals surface area (Å²) in [5.41, 5.74) is 6.63. The van der Waals surface area contributed by atoms with E-state index in [4.69, 9.17) is 4.42 Å². The summed E-state index contributed by atoms with van der Waals surface area (Å²) in [5.74, 6) is 0.952. The lowest BCUT2D eigenvalue weighted by molar-refractivity contribution is 0.583. The third kappa shape index (κ3) is 3.18. The predicted octanol–water partition coefficient (Wildman–Crippen LogP) is 6.88. The maximum Gasteiger partial charge on any atom is 0.144 e. The van der Waals surface area contributed by atoms with Crippen LogP contribution in [0.3, 0.4) is 0 Å². The lowest BCUT2D eigenvalue weighted by atomic mass is 9.99. The molecule has 124 valence electrons. The standard InChI is InChI=1S/C23H20OS/c1-16-8-3-5-10-18(16)14-19-15-22(20-11-6-4-9-17(20)2)25-23(19)21-12-7-13-24-21/h3-13,15H,14H2,1-2H3. The molecule has 0 aliphatic carbocycles. The van der Waals surface area contributed by atoms with Gasteiger partial charge in [-0.25, -0.2) is 0 Å². The molecule has 4 rings (SSSR count). The summed E-state index contributed by atoms with van der Waals surface area (Å²) in [5, 5.41) is 0. The zero-order valence-corrected chi connectivity index (χ0v) is 15.3. The first kappa shape index (κ1) is 15.9. The molecule has 0 radical (unpaired) electrons. The van der Waals surface area contributed by atoms with E-state index >= 15 is 0 Å². The number of furan rings is 1. The normalized spacial score (nSPS) is 11.0. The van der Waals surface area contributed by atoms with Gasteiger partial charge in [0, 0.05) is 4.88 Å². The molecule has 2 heteroatoms. The van der Waals surface area contributed by atoms with Crippen LogP contribution in [0.1, 0.15) is 22.3 Å². The Morgan fingerprint density at radius 1 is 0.800 bits per heavy atom.